The number of hydrogen-bond donors (Lipinski definition) is 1. The summed E-state index contributed by atoms with van der Waals surface area (Å²) >= 11 is -1.32. The maximum Gasteiger partial charge on any atom is 0.171 e. The summed E-state index contributed by atoms with van der Waals surface area (Å²) in [5.74, 6) is 0. The van der Waals surface area contributed by atoms with E-state index in [0.29, 0.717) is 26.1 Å². The molecule has 2 unspecified atom stereocenters. The molecule has 0 aromatic heterocycles. The summed E-state index contributed by atoms with van der Waals surface area (Å²) < 4.78 is 26.7. The van der Waals surface area contributed by atoms with Crippen molar-refractivity contribution in [1.82, 2.24) is 0 Å². The van der Waals surface area contributed by atoms with Crippen LogP contribution in [0.5, 0.6) is 0 Å². The molecule has 2 atom stereocenters. The summed E-state index contributed by atoms with van der Waals surface area (Å²) in [6.07, 6.45) is 0. The van der Waals surface area contributed by atoms with Gasteiger partial charge in [0.1, 0.15) is 0 Å². The molecule has 2 aromatic carbocycles. The summed E-state index contributed by atoms with van der Waals surface area (Å²) in [4.78, 5) is 1.26. The average molecular weight is 319 g/mol. The number of aryl methyl sites for hydroxylation is 1. The first-order valence-electron chi connectivity index (χ1n) is 6.89. The zero-order valence-electron chi connectivity index (χ0n) is 12.3. The van der Waals surface area contributed by atoms with Crippen LogP contribution < -0.4 is 16.3 Å². The van der Waals surface area contributed by atoms with Gasteiger partial charge < -0.3 is 14.9 Å². The smallest absolute Gasteiger partial charge is 0.171 e. The molecule has 3 rings (SSSR count). The fourth-order valence-corrected chi connectivity index (χ4v) is 8.29. The van der Waals surface area contributed by atoms with Gasteiger partial charge in [0.15, 0.2) is 16.9 Å². The molecule has 5 heteroatoms. The Labute approximate surface area is 128 Å². The maximum atomic E-state index is 13.9. The first-order chi connectivity index (χ1) is 9.89. The van der Waals surface area contributed by atoms with E-state index < -0.39 is 18.3 Å². The molecule has 0 radical (unpaired) electrons. The highest BCUT2D eigenvalue weighted by Gasteiger charge is 2.46. The summed E-state index contributed by atoms with van der Waals surface area (Å²) in [6.45, 7) is 5.78. The topological polar surface area (TPSA) is 66.2 Å². The summed E-state index contributed by atoms with van der Waals surface area (Å²) in [5.41, 5.74) is 7.55. The van der Waals surface area contributed by atoms with E-state index in [1.54, 1.807) is 6.07 Å². The van der Waals surface area contributed by atoms with Gasteiger partial charge in [-0.15, -0.1) is 0 Å². The Hall–Kier alpha value is -1.22. The fraction of sp³-hybridized carbons (Fsp3) is 0.250. The molecule has 2 N–H and O–H groups in total. The standard InChI is InChI=1S/C16H18NO2PS/c1-10(2)20(18)12-6-4-5-7-13(12)21(19)14-9-8-11(3)15(17)16(14)20/h4-10H,17H2,1-3H3. The van der Waals surface area contributed by atoms with Gasteiger partial charge in [-0.2, -0.15) is 0 Å². The van der Waals surface area contributed by atoms with Gasteiger partial charge in [0, 0.05) is 16.8 Å². The van der Waals surface area contributed by atoms with Gasteiger partial charge in [0.25, 0.3) is 0 Å². The quantitative estimate of drug-likeness (QED) is 0.499. The first kappa shape index (κ1) is 14.7. The molecule has 0 amide bonds. The molecular weight excluding hydrogens is 301 g/mol. The molecule has 0 saturated heterocycles. The Bertz CT molecular complexity index is 773. The van der Waals surface area contributed by atoms with Crippen LogP contribution in [0.2, 0.25) is 0 Å². The van der Waals surface area contributed by atoms with E-state index in [1.807, 2.05) is 51.1 Å². The van der Waals surface area contributed by atoms with E-state index in [9.17, 15) is 9.12 Å². The lowest BCUT2D eigenvalue weighted by molar-refractivity contribution is 0.577. The van der Waals surface area contributed by atoms with Crippen molar-refractivity contribution in [3.63, 3.8) is 0 Å². The molecule has 3 nitrogen and oxygen atoms in total. The normalized spacial score (nSPS) is 23.8. The van der Waals surface area contributed by atoms with E-state index in [-0.39, 0.29) is 5.66 Å². The Kier molecular flexibility index (Phi) is 3.44. The SMILES string of the molecule is Cc1ccc2c(c1N)P(=O)(C(C)C)c1ccccc1[S+]2[O-]. The van der Waals surface area contributed by atoms with E-state index in [4.69, 9.17) is 5.73 Å². The van der Waals surface area contributed by atoms with E-state index >= 15 is 0 Å². The van der Waals surface area contributed by atoms with Crippen molar-refractivity contribution in [1.29, 1.82) is 0 Å². The van der Waals surface area contributed by atoms with Gasteiger partial charge in [-0.1, -0.05) is 32.0 Å². The Morgan fingerprint density at radius 1 is 1.14 bits per heavy atom. The number of anilines is 1. The van der Waals surface area contributed by atoms with E-state index in [0.717, 1.165) is 5.56 Å². The maximum absolute atomic E-state index is 13.9. The Balaban J connectivity index is 2.46. The van der Waals surface area contributed by atoms with Crippen LogP contribution in [-0.2, 0) is 15.7 Å². The number of rotatable bonds is 1. The minimum absolute atomic E-state index is 0.0844. The molecule has 21 heavy (non-hydrogen) atoms. The highest BCUT2D eigenvalue weighted by molar-refractivity contribution is 7.95. The van der Waals surface area contributed by atoms with Crippen molar-refractivity contribution >= 4 is 34.6 Å². The molecule has 1 heterocycles. The zero-order valence-corrected chi connectivity index (χ0v) is 14.0. The summed E-state index contributed by atoms with van der Waals surface area (Å²) in [7, 11) is -2.89. The van der Waals surface area contributed by atoms with Gasteiger partial charge in [0.2, 0.25) is 0 Å². The van der Waals surface area contributed by atoms with Crippen molar-refractivity contribution in [3.8, 4) is 0 Å². The van der Waals surface area contributed by atoms with Gasteiger partial charge in [0.05, 0.1) is 16.3 Å². The van der Waals surface area contributed by atoms with Crippen LogP contribution in [0.4, 0.5) is 5.69 Å². The van der Waals surface area contributed by atoms with Crippen LogP contribution in [-0.4, -0.2) is 10.2 Å². The number of nitrogen functional groups attached to an aromatic ring is 1. The highest BCUT2D eigenvalue weighted by atomic mass is 32.2. The van der Waals surface area contributed by atoms with Crippen LogP contribution in [0.15, 0.2) is 46.2 Å². The fourth-order valence-electron chi connectivity index (χ4n) is 2.84. The summed E-state index contributed by atoms with van der Waals surface area (Å²) in [6, 6.07) is 11.0. The number of fused-ring (bicyclic) bond motifs is 2. The van der Waals surface area contributed by atoms with Gasteiger partial charge in [-0.05, 0) is 30.7 Å². The molecule has 0 bridgehead atoms. The minimum atomic E-state index is -2.89. The Morgan fingerprint density at radius 3 is 2.48 bits per heavy atom. The van der Waals surface area contributed by atoms with Crippen LogP contribution in [0.25, 0.3) is 0 Å². The third-order valence-corrected chi connectivity index (χ3v) is 9.58. The van der Waals surface area contributed by atoms with Crippen LogP contribution in [0.3, 0.4) is 0 Å². The first-order valence-corrected chi connectivity index (χ1v) is 9.82. The molecule has 0 saturated carbocycles. The van der Waals surface area contributed by atoms with Crippen LogP contribution in [0, 0.1) is 6.92 Å². The van der Waals surface area contributed by atoms with Crippen molar-refractivity contribution in [2.45, 2.75) is 36.2 Å². The number of hydrogen-bond acceptors (Lipinski definition) is 3. The van der Waals surface area contributed by atoms with Gasteiger partial charge in [-0.25, -0.2) is 0 Å². The molecule has 0 aliphatic carbocycles. The average Bonchev–Trinajstić information content (AvgIpc) is 2.47. The lowest BCUT2D eigenvalue weighted by atomic mass is 10.2. The largest absolute Gasteiger partial charge is 0.606 e. The molecule has 1 aliphatic heterocycles. The second-order valence-corrected chi connectivity index (χ2v) is 10.3. The Morgan fingerprint density at radius 2 is 1.81 bits per heavy atom. The van der Waals surface area contributed by atoms with Gasteiger partial charge >= 0.3 is 0 Å². The molecule has 2 aromatic rings. The molecule has 110 valence electrons. The minimum Gasteiger partial charge on any atom is -0.606 e. The highest BCUT2D eigenvalue weighted by Crippen LogP contribution is 2.55. The van der Waals surface area contributed by atoms with Crippen LogP contribution >= 0.6 is 7.14 Å². The molecule has 1 aliphatic rings. The second-order valence-electron chi connectivity index (χ2n) is 5.63. The van der Waals surface area contributed by atoms with E-state index in [1.165, 1.54) is 0 Å². The van der Waals surface area contributed by atoms with Crippen molar-refractivity contribution in [2.24, 2.45) is 0 Å². The summed E-state index contributed by atoms with van der Waals surface area (Å²) in [5, 5.41) is 1.30. The predicted molar refractivity (Wildman–Crippen MR) is 88.7 cm³/mol. The predicted octanol–water partition coefficient (Wildman–Crippen LogP) is 2.78. The van der Waals surface area contributed by atoms with E-state index in [2.05, 4.69) is 0 Å². The van der Waals surface area contributed by atoms with Crippen molar-refractivity contribution < 1.29 is 9.12 Å². The molecular formula is C16H18NO2PS. The van der Waals surface area contributed by atoms with Crippen molar-refractivity contribution in [2.75, 3.05) is 5.73 Å². The number of nitrogens with two attached hydrogens (primary N) is 1. The molecule has 0 fully saturated rings. The zero-order chi connectivity index (χ0) is 15.4. The third kappa shape index (κ3) is 1.90. The second kappa shape index (κ2) is 4.91. The lowest BCUT2D eigenvalue weighted by Crippen LogP contribution is -2.36. The van der Waals surface area contributed by atoms with Crippen molar-refractivity contribution in [3.05, 3.63) is 42.0 Å². The van der Waals surface area contributed by atoms with Crippen LogP contribution in [0.1, 0.15) is 19.4 Å². The third-order valence-electron chi connectivity index (χ3n) is 4.08. The molecule has 0 spiro atoms. The van der Waals surface area contributed by atoms with Gasteiger partial charge in [-0.3, -0.25) is 0 Å². The number of benzene rings is 2. The monoisotopic (exact) mass is 319 g/mol. The lowest BCUT2D eigenvalue weighted by Gasteiger charge is -2.32.